The highest BCUT2D eigenvalue weighted by Gasteiger charge is 2.41. The highest BCUT2D eigenvalue weighted by Crippen LogP contribution is 2.35. The van der Waals surface area contributed by atoms with Crippen molar-refractivity contribution in [1.82, 2.24) is 10.3 Å². The average molecular weight is 312 g/mol. The second kappa shape index (κ2) is 6.79. The summed E-state index contributed by atoms with van der Waals surface area (Å²) in [7, 11) is 0. The summed E-state index contributed by atoms with van der Waals surface area (Å²) in [5.74, 6) is 0.0122. The standard InChI is InChI=1S/C18H20N2O3/c21-16-7-6-14(12-19-16)13-20-17(22)18(8-10-23-11-9-18)15-4-2-1-3-5-15/h1-7,12H,8-11,13H2,(H,19,21)(H,20,22). The Morgan fingerprint density at radius 1 is 1.13 bits per heavy atom. The SMILES string of the molecule is O=C(NCc1ccc(=O)[nH]c1)C1(c2ccccc2)CCOCC1. The lowest BCUT2D eigenvalue weighted by molar-refractivity contribution is -0.130. The van der Waals surface area contributed by atoms with E-state index in [0.29, 0.717) is 32.6 Å². The molecule has 0 aliphatic carbocycles. The maximum atomic E-state index is 12.9. The van der Waals surface area contributed by atoms with Crippen molar-refractivity contribution in [2.24, 2.45) is 0 Å². The second-order valence-corrected chi connectivity index (χ2v) is 5.80. The van der Waals surface area contributed by atoms with Gasteiger partial charge in [-0.25, -0.2) is 0 Å². The van der Waals surface area contributed by atoms with Crippen molar-refractivity contribution < 1.29 is 9.53 Å². The third-order valence-electron chi connectivity index (χ3n) is 4.41. The van der Waals surface area contributed by atoms with Crippen molar-refractivity contribution in [3.8, 4) is 0 Å². The van der Waals surface area contributed by atoms with Crippen LogP contribution in [0.15, 0.2) is 53.5 Å². The van der Waals surface area contributed by atoms with Gasteiger partial charge in [-0.2, -0.15) is 0 Å². The van der Waals surface area contributed by atoms with Crippen LogP contribution in [0.2, 0.25) is 0 Å². The van der Waals surface area contributed by atoms with E-state index < -0.39 is 5.41 Å². The van der Waals surface area contributed by atoms with Gasteiger partial charge in [-0.3, -0.25) is 9.59 Å². The van der Waals surface area contributed by atoms with E-state index in [2.05, 4.69) is 10.3 Å². The zero-order valence-electron chi connectivity index (χ0n) is 12.9. The summed E-state index contributed by atoms with van der Waals surface area (Å²) >= 11 is 0. The fraction of sp³-hybridized carbons (Fsp3) is 0.333. The number of pyridine rings is 1. The first-order valence-electron chi connectivity index (χ1n) is 7.80. The molecule has 2 aromatic rings. The smallest absolute Gasteiger partial charge is 0.247 e. The summed E-state index contributed by atoms with van der Waals surface area (Å²) in [6.45, 7) is 1.56. The van der Waals surface area contributed by atoms with Crippen molar-refractivity contribution in [3.63, 3.8) is 0 Å². The number of amides is 1. The van der Waals surface area contributed by atoms with Crippen LogP contribution in [0.25, 0.3) is 0 Å². The number of hydrogen-bond donors (Lipinski definition) is 2. The number of carbonyl (C=O) groups is 1. The maximum absolute atomic E-state index is 12.9. The Hall–Kier alpha value is -2.40. The third kappa shape index (κ3) is 3.35. The van der Waals surface area contributed by atoms with Gasteiger partial charge in [-0.05, 0) is 24.0 Å². The first-order valence-corrected chi connectivity index (χ1v) is 7.80. The van der Waals surface area contributed by atoms with Gasteiger partial charge in [-0.1, -0.05) is 36.4 Å². The van der Waals surface area contributed by atoms with E-state index in [1.54, 1.807) is 12.3 Å². The number of aromatic amines is 1. The highest BCUT2D eigenvalue weighted by atomic mass is 16.5. The van der Waals surface area contributed by atoms with Crippen molar-refractivity contribution >= 4 is 5.91 Å². The molecule has 3 rings (SSSR count). The minimum atomic E-state index is -0.540. The summed E-state index contributed by atoms with van der Waals surface area (Å²) < 4.78 is 5.45. The largest absolute Gasteiger partial charge is 0.381 e. The first kappa shape index (κ1) is 15.5. The lowest BCUT2D eigenvalue weighted by atomic mass is 9.73. The van der Waals surface area contributed by atoms with Crippen LogP contribution in [-0.2, 0) is 21.5 Å². The minimum absolute atomic E-state index is 0.0122. The van der Waals surface area contributed by atoms with Crippen LogP contribution in [0.1, 0.15) is 24.0 Å². The Labute approximate surface area is 134 Å². The lowest BCUT2D eigenvalue weighted by Crippen LogP contribution is -2.47. The van der Waals surface area contributed by atoms with E-state index in [4.69, 9.17) is 4.74 Å². The molecule has 120 valence electrons. The third-order valence-corrected chi connectivity index (χ3v) is 4.41. The van der Waals surface area contributed by atoms with E-state index in [9.17, 15) is 9.59 Å². The van der Waals surface area contributed by atoms with Crippen LogP contribution in [0.3, 0.4) is 0 Å². The Bertz CT molecular complexity index is 698. The molecule has 0 saturated carbocycles. The summed E-state index contributed by atoms with van der Waals surface area (Å²) in [6, 6.07) is 13.1. The molecule has 23 heavy (non-hydrogen) atoms. The van der Waals surface area contributed by atoms with Crippen molar-refractivity contribution in [2.45, 2.75) is 24.8 Å². The average Bonchev–Trinajstić information content (AvgIpc) is 2.62. The van der Waals surface area contributed by atoms with Crippen LogP contribution in [0.4, 0.5) is 0 Å². The lowest BCUT2D eigenvalue weighted by Gasteiger charge is -2.36. The van der Waals surface area contributed by atoms with Gasteiger partial charge in [0, 0.05) is 32.0 Å². The number of rotatable bonds is 4. The predicted octanol–water partition coefficient (Wildman–Crippen LogP) is 1.74. The monoisotopic (exact) mass is 312 g/mol. The van der Waals surface area contributed by atoms with Gasteiger partial charge >= 0.3 is 0 Å². The molecule has 2 N–H and O–H groups in total. The molecule has 0 unspecified atom stereocenters. The second-order valence-electron chi connectivity index (χ2n) is 5.80. The fourth-order valence-electron chi connectivity index (χ4n) is 3.03. The maximum Gasteiger partial charge on any atom is 0.247 e. The molecule has 0 spiro atoms. The molecular formula is C18H20N2O3. The topological polar surface area (TPSA) is 71.2 Å². The van der Waals surface area contributed by atoms with Gasteiger partial charge in [0.1, 0.15) is 0 Å². The molecule has 1 aliphatic rings. The van der Waals surface area contributed by atoms with E-state index in [0.717, 1.165) is 11.1 Å². The Balaban J connectivity index is 1.78. The Morgan fingerprint density at radius 2 is 1.87 bits per heavy atom. The molecule has 1 aliphatic heterocycles. The molecule has 2 heterocycles. The number of H-pyrrole nitrogens is 1. The van der Waals surface area contributed by atoms with E-state index in [-0.39, 0.29) is 11.5 Å². The molecule has 5 nitrogen and oxygen atoms in total. The Kier molecular flexibility index (Phi) is 4.57. The number of hydrogen-bond acceptors (Lipinski definition) is 3. The van der Waals surface area contributed by atoms with Gasteiger partial charge in [-0.15, -0.1) is 0 Å². The summed E-state index contributed by atoms with van der Waals surface area (Å²) in [6.07, 6.45) is 2.98. The first-order chi connectivity index (χ1) is 11.2. The molecule has 0 atom stereocenters. The van der Waals surface area contributed by atoms with Crippen LogP contribution < -0.4 is 10.9 Å². The minimum Gasteiger partial charge on any atom is -0.381 e. The van der Waals surface area contributed by atoms with E-state index >= 15 is 0 Å². The summed E-state index contributed by atoms with van der Waals surface area (Å²) in [5, 5.41) is 3.01. The fourth-order valence-corrected chi connectivity index (χ4v) is 3.03. The molecule has 0 bridgehead atoms. The van der Waals surface area contributed by atoms with Crippen molar-refractivity contribution in [3.05, 3.63) is 70.1 Å². The molecule has 0 radical (unpaired) electrons. The van der Waals surface area contributed by atoms with Gasteiger partial charge in [0.2, 0.25) is 11.5 Å². The van der Waals surface area contributed by atoms with Crippen LogP contribution >= 0.6 is 0 Å². The van der Waals surface area contributed by atoms with Crippen LogP contribution in [0.5, 0.6) is 0 Å². The van der Waals surface area contributed by atoms with Gasteiger partial charge < -0.3 is 15.0 Å². The molecule has 1 saturated heterocycles. The number of ether oxygens (including phenoxy) is 1. The van der Waals surface area contributed by atoms with Crippen LogP contribution in [-0.4, -0.2) is 24.1 Å². The molecule has 1 amide bonds. The van der Waals surface area contributed by atoms with Crippen molar-refractivity contribution in [1.29, 1.82) is 0 Å². The normalized spacial score (nSPS) is 16.7. The highest BCUT2D eigenvalue weighted by molar-refractivity contribution is 5.88. The predicted molar refractivity (Wildman–Crippen MR) is 87.1 cm³/mol. The van der Waals surface area contributed by atoms with Gasteiger partial charge in [0.05, 0.1) is 5.41 Å². The Morgan fingerprint density at radius 3 is 2.52 bits per heavy atom. The number of nitrogens with one attached hydrogen (secondary N) is 2. The summed E-state index contributed by atoms with van der Waals surface area (Å²) in [4.78, 5) is 26.6. The zero-order chi connectivity index (χ0) is 16.1. The molecular weight excluding hydrogens is 292 g/mol. The van der Waals surface area contributed by atoms with E-state index in [1.165, 1.54) is 6.07 Å². The molecule has 5 heteroatoms. The number of benzene rings is 1. The van der Waals surface area contributed by atoms with Gasteiger partial charge in [0.25, 0.3) is 0 Å². The quantitative estimate of drug-likeness (QED) is 0.903. The number of aromatic nitrogens is 1. The van der Waals surface area contributed by atoms with Crippen LogP contribution in [0, 0.1) is 0 Å². The van der Waals surface area contributed by atoms with Crippen molar-refractivity contribution in [2.75, 3.05) is 13.2 Å². The molecule has 1 aromatic carbocycles. The van der Waals surface area contributed by atoms with Gasteiger partial charge in [0.15, 0.2) is 0 Å². The zero-order valence-corrected chi connectivity index (χ0v) is 12.9. The molecule has 1 fully saturated rings. The number of carbonyl (C=O) groups excluding carboxylic acids is 1. The van der Waals surface area contributed by atoms with E-state index in [1.807, 2.05) is 30.3 Å². The summed E-state index contributed by atoms with van der Waals surface area (Å²) in [5.41, 5.74) is 1.21. The molecule has 1 aromatic heterocycles.